The molecule has 2 aromatic rings. The first kappa shape index (κ1) is 13.0. The highest BCUT2D eigenvalue weighted by molar-refractivity contribution is 7.14. The van der Waals surface area contributed by atoms with Crippen LogP contribution in [0.1, 0.15) is 14.5 Å². The van der Waals surface area contributed by atoms with Crippen LogP contribution in [0.5, 0.6) is 0 Å². The maximum atomic E-state index is 11.9. The summed E-state index contributed by atoms with van der Waals surface area (Å²) >= 11 is 1.21. The number of nitrogens with one attached hydrogen (secondary N) is 2. The number of carbonyl (C=O) groups excluding carboxylic acids is 1. The molecule has 0 radical (unpaired) electrons. The van der Waals surface area contributed by atoms with Crippen molar-refractivity contribution in [3.05, 3.63) is 44.4 Å². The summed E-state index contributed by atoms with van der Waals surface area (Å²) in [6.45, 7) is -0.221. The zero-order valence-electron chi connectivity index (χ0n) is 9.64. The number of aliphatic hydroxyl groups is 1. The highest BCUT2D eigenvalue weighted by Gasteiger charge is 2.09. The molecular formula is C12H9N3O3S. The zero-order chi connectivity index (χ0) is 13.7. The zero-order valence-corrected chi connectivity index (χ0v) is 10.5. The minimum atomic E-state index is -0.337. The molecule has 0 aromatic carbocycles. The van der Waals surface area contributed by atoms with Gasteiger partial charge < -0.3 is 10.4 Å². The number of anilines is 1. The lowest BCUT2D eigenvalue weighted by molar-refractivity contribution is 0.103. The Morgan fingerprint density at radius 1 is 1.42 bits per heavy atom. The molecule has 96 valence electrons. The van der Waals surface area contributed by atoms with E-state index in [0.29, 0.717) is 9.75 Å². The van der Waals surface area contributed by atoms with E-state index in [4.69, 9.17) is 5.11 Å². The van der Waals surface area contributed by atoms with Crippen LogP contribution in [-0.4, -0.2) is 27.8 Å². The first-order chi connectivity index (χ1) is 9.19. The standard InChI is InChI=1S/C12H9N3O3S/c16-7-1-2-8-3-4-9(19-8)12(18)13-10-5-6-11(17)15-14-10/h3-6,16H,7H2,(H,15,17)(H,13,14,18). The summed E-state index contributed by atoms with van der Waals surface area (Å²) in [5.41, 5.74) is -0.337. The van der Waals surface area contributed by atoms with Crippen molar-refractivity contribution in [2.24, 2.45) is 0 Å². The summed E-state index contributed by atoms with van der Waals surface area (Å²) in [5, 5.41) is 17.0. The highest BCUT2D eigenvalue weighted by atomic mass is 32.1. The molecule has 7 heteroatoms. The number of aromatic nitrogens is 2. The maximum absolute atomic E-state index is 11.9. The predicted molar refractivity (Wildman–Crippen MR) is 71.1 cm³/mol. The van der Waals surface area contributed by atoms with Crippen molar-refractivity contribution in [2.45, 2.75) is 0 Å². The number of thiophene rings is 1. The quantitative estimate of drug-likeness (QED) is 0.692. The Hall–Kier alpha value is -2.43. The van der Waals surface area contributed by atoms with Gasteiger partial charge in [-0.05, 0) is 18.2 Å². The molecule has 0 aliphatic carbocycles. The summed E-state index contributed by atoms with van der Waals surface area (Å²) < 4.78 is 0. The highest BCUT2D eigenvalue weighted by Crippen LogP contribution is 2.16. The number of aromatic amines is 1. The van der Waals surface area contributed by atoms with Crippen LogP contribution < -0.4 is 10.9 Å². The fourth-order valence-electron chi connectivity index (χ4n) is 1.25. The maximum Gasteiger partial charge on any atom is 0.266 e. The van der Waals surface area contributed by atoms with Crippen LogP contribution in [0, 0.1) is 11.8 Å². The van der Waals surface area contributed by atoms with Gasteiger partial charge in [-0.1, -0.05) is 11.8 Å². The van der Waals surface area contributed by atoms with E-state index in [1.807, 2.05) is 0 Å². The summed E-state index contributed by atoms with van der Waals surface area (Å²) in [7, 11) is 0. The number of hydrogen-bond acceptors (Lipinski definition) is 5. The minimum Gasteiger partial charge on any atom is -0.384 e. The van der Waals surface area contributed by atoms with Crippen molar-refractivity contribution < 1.29 is 9.90 Å². The van der Waals surface area contributed by atoms with Gasteiger partial charge in [-0.3, -0.25) is 9.59 Å². The van der Waals surface area contributed by atoms with Gasteiger partial charge in [0.05, 0.1) is 9.75 Å². The average molecular weight is 275 g/mol. The third-order valence-electron chi connectivity index (χ3n) is 2.04. The van der Waals surface area contributed by atoms with Gasteiger partial charge in [0.1, 0.15) is 6.61 Å². The number of H-pyrrole nitrogens is 1. The number of carbonyl (C=O) groups is 1. The van der Waals surface area contributed by atoms with Crippen molar-refractivity contribution in [1.29, 1.82) is 0 Å². The van der Waals surface area contributed by atoms with E-state index in [2.05, 4.69) is 27.4 Å². The Balaban J connectivity index is 2.09. The summed E-state index contributed by atoms with van der Waals surface area (Å²) in [5.74, 6) is 5.15. The van der Waals surface area contributed by atoms with Crippen LogP contribution in [0.15, 0.2) is 29.1 Å². The van der Waals surface area contributed by atoms with Crippen molar-refractivity contribution in [1.82, 2.24) is 10.2 Å². The fourth-order valence-corrected chi connectivity index (χ4v) is 2.02. The molecule has 2 aromatic heterocycles. The molecule has 1 amide bonds. The summed E-state index contributed by atoms with van der Waals surface area (Å²) in [6, 6.07) is 6.02. The second-order valence-corrected chi connectivity index (χ2v) is 4.47. The number of rotatable bonds is 2. The molecule has 0 aliphatic heterocycles. The summed E-state index contributed by atoms with van der Waals surface area (Å²) in [4.78, 5) is 23.8. The van der Waals surface area contributed by atoms with Gasteiger partial charge in [0.25, 0.3) is 11.5 Å². The molecule has 0 bridgehead atoms. The molecule has 3 N–H and O–H groups in total. The predicted octanol–water partition coefficient (Wildman–Crippen LogP) is 0.428. The normalized spacial score (nSPS) is 9.53. The van der Waals surface area contributed by atoms with E-state index in [-0.39, 0.29) is 23.9 Å². The molecule has 0 spiro atoms. The lowest BCUT2D eigenvalue weighted by Gasteiger charge is -2.00. The smallest absolute Gasteiger partial charge is 0.266 e. The molecule has 0 atom stereocenters. The molecule has 2 rings (SSSR count). The van der Waals surface area contributed by atoms with Crippen molar-refractivity contribution in [3.8, 4) is 11.8 Å². The van der Waals surface area contributed by atoms with Gasteiger partial charge in [0, 0.05) is 6.07 Å². The van der Waals surface area contributed by atoms with E-state index >= 15 is 0 Å². The van der Waals surface area contributed by atoms with E-state index in [9.17, 15) is 9.59 Å². The van der Waals surface area contributed by atoms with Crippen molar-refractivity contribution in [3.63, 3.8) is 0 Å². The van der Waals surface area contributed by atoms with E-state index < -0.39 is 0 Å². The van der Waals surface area contributed by atoms with Crippen LogP contribution in [0.3, 0.4) is 0 Å². The molecule has 0 fully saturated rings. The van der Waals surface area contributed by atoms with Gasteiger partial charge in [-0.25, -0.2) is 5.10 Å². The van der Waals surface area contributed by atoms with Crippen molar-refractivity contribution in [2.75, 3.05) is 11.9 Å². The molecule has 0 saturated heterocycles. The molecule has 0 aliphatic rings. The second kappa shape index (κ2) is 5.95. The fraction of sp³-hybridized carbons (Fsp3) is 0.0833. The van der Waals surface area contributed by atoms with Crippen LogP contribution in [0.4, 0.5) is 5.82 Å². The molecule has 19 heavy (non-hydrogen) atoms. The summed E-state index contributed by atoms with van der Waals surface area (Å²) in [6.07, 6.45) is 0. The number of nitrogens with zero attached hydrogens (tertiary/aromatic N) is 1. The number of aliphatic hydroxyl groups excluding tert-OH is 1. The van der Waals surface area contributed by atoms with Crippen LogP contribution in [0.2, 0.25) is 0 Å². The van der Waals surface area contributed by atoms with E-state index in [1.54, 1.807) is 12.1 Å². The van der Waals surface area contributed by atoms with Gasteiger partial charge in [0.2, 0.25) is 0 Å². The number of hydrogen-bond donors (Lipinski definition) is 3. The Bertz CT molecular complexity index is 688. The first-order valence-corrected chi connectivity index (χ1v) is 6.07. The Labute approximate surface area is 112 Å². The lowest BCUT2D eigenvalue weighted by Crippen LogP contribution is -2.14. The topological polar surface area (TPSA) is 95.1 Å². The first-order valence-electron chi connectivity index (χ1n) is 5.25. The Kier molecular flexibility index (Phi) is 4.07. The average Bonchev–Trinajstić information content (AvgIpc) is 2.88. The third-order valence-corrected chi connectivity index (χ3v) is 3.04. The van der Waals surface area contributed by atoms with E-state index in [1.165, 1.54) is 23.5 Å². The Morgan fingerprint density at radius 2 is 2.26 bits per heavy atom. The van der Waals surface area contributed by atoms with Gasteiger partial charge in [-0.2, -0.15) is 5.10 Å². The molecular weight excluding hydrogens is 266 g/mol. The minimum absolute atomic E-state index is 0.221. The lowest BCUT2D eigenvalue weighted by atomic mass is 10.4. The molecule has 6 nitrogen and oxygen atoms in total. The number of amides is 1. The Morgan fingerprint density at radius 3 is 2.95 bits per heavy atom. The van der Waals surface area contributed by atoms with Crippen LogP contribution in [-0.2, 0) is 0 Å². The van der Waals surface area contributed by atoms with Gasteiger partial charge >= 0.3 is 0 Å². The SMILES string of the molecule is O=C(Nc1ccc(=O)[nH]n1)c1ccc(C#CCO)s1. The molecule has 2 heterocycles. The monoisotopic (exact) mass is 275 g/mol. The van der Waals surface area contributed by atoms with Gasteiger partial charge in [0.15, 0.2) is 5.82 Å². The van der Waals surface area contributed by atoms with Gasteiger partial charge in [-0.15, -0.1) is 11.3 Å². The van der Waals surface area contributed by atoms with Crippen LogP contribution in [0.25, 0.3) is 0 Å². The second-order valence-electron chi connectivity index (χ2n) is 3.38. The third kappa shape index (κ3) is 3.51. The molecule has 0 saturated carbocycles. The van der Waals surface area contributed by atoms with E-state index in [0.717, 1.165) is 0 Å². The molecule has 0 unspecified atom stereocenters. The van der Waals surface area contributed by atoms with Crippen LogP contribution >= 0.6 is 11.3 Å². The van der Waals surface area contributed by atoms with Crippen molar-refractivity contribution >= 4 is 23.1 Å². The largest absolute Gasteiger partial charge is 0.384 e.